The zero-order valence-corrected chi connectivity index (χ0v) is 33.0. The summed E-state index contributed by atoms with van der Waals surface area (Å²) in [5.74, 6) is -4.06. The van der Waals surface area contributed by atoms with E-state index in [1.165, 1.54) is 36.4 Å². The van der Waals surface area contributed by atoms with Crippen molar-refractivity contribution in [2.75, 3.05) is 13.7 Å². The Hall–Kier alpha value is -4.14. The maximum Gasteiger partial charge on any atom is 0.307 e. The number of ether oxygens (including phenoxy) is 3. The Morgan fingerprint density at radius 3 is 2.51 bits per heavy atom. The van der Waals surface area contributed by atoms with E-state index in [0.29, 0.717) is 29.4 Å². The van der Waals surface area contributed by atoms with Gasteiger partial charge in [-0.05, 0) is 82.4 Å². The molecule has 0 bridgehead atoms. The second-order valence-corrected chi connectivity index (χ2v) is 18.9. The Morgan fingerprint density at radius 1 is 1.11 bits per heavy atom. The van der Waals surface area contributed by atoms with Crippen molar-refractivity contribution >= 4 is 44.4 Å². The zero-order valence-electron chi connectivity index (χ0n) is 32.2. The van der Waals surface area contributed by atoms with E-state index >= 15 is 0 Å². The summed E-state index contributed by atoms with van der Waals surface area (Å²) in [4.78, 5) is 62.2. The number of alkyl halides is 1. The number of benzene rings is 1. The van der Waals surface area contributed by atoms with Crippen LogP contribution in [0.1, 0.15) is 92.4 Å². The van der Waals surface area contributed by atoms with Crippen LogP contribution in [0, 0.1) is 34.9 Å². The fourth-order valence-electron chi connectivity index (χ4n) is 8.12. The molecule has 1 aromatic heterocycles. The number of carbonyl (C=O) groups is 4. The number of hydrogen-bond acceptors (Lipinski definition) is 10. The van der Waals surface area contributed by atoms with Crippen molar-refractivity contribution in [1.82, 2.24) is 14.6 Å². The predicted octanol–water partition coefficient (Wildman–Crippen LogP) is 5.96. The number of ketones is 1. The van der Waals surface area contributed by atoms with E-state index in [1.54, 1.807) is 20.8 Å². The van der Waals surface area contributed by atoms with Crippen LogP contribution in [0.15, 0.2) is 36.5 Å². The molecule has 3 fully saturated rings. The Balaban J connectivity index is 1.36. The standard InChI is InChI=1S/C40H51F2N3O9S/c1-23-9-7-8-10-25-19-39(25,37(49)44-55(50,51)40(42)13-14-40)20-32(46)31-17-27(53-35-30-16-26(41)11-12-28(30)33(52-6)21-43-35)22-45(31)36(48)29(24(2)15-23)18-34(47)54-38(3,4)5/h8,10-12,16,21,23-25,27,29,31H,7,9,13-15,17-20,22H2,1-6H3,(H,44,49)/b10-8-/t23-,24+,25+,27+,29-,31-,39+/m0/s1. The maximum atomic E-state index is 14.8. The first-order valence-corrected chi connectivity index (χ1v) is 20.5. The maximum absolute atomic E-state index is 14.8. The molecule has 2 aliphatic heterocycles. The van der Waals surface area contributed by atoms with E-state index in [9.17, 15) is 36.4 Å². The van der Waals surface area contributed by atoms with Crippen LogP contribution in [0.5, 0.6) is 11.6 Å². The third-order valence-electron chi connectivity index (χ3n) is 11.4. The molecule has 3 heterocycles. The van der Waals surface area contributed by atoms with E-state index < -0.39 is 85.8 Å². The lowest BCUT2D eigenvalue weighted by Gasteiger charge is -2.32. The molecule has 1 N–H and O–H groups in total. The number of nitrogens with one attached hydrogen (secondary N) is 1. The van der Waals surface area contributed by atoms with Gasteiger partial charge < -0.3 is 19.1 Å². The summed E-state index contributed by atoms with van der Waals surface area (Å²) in [6.45, 7) is 9.09. The lowest BCUT2D eigenvalue weighted by atomic mass is 9.82. The van der Waals surface area contributed by atoms with Crippen molar-refractivity contribution in [2.45, 2.75) is 115 Å². The highest BCUT2D eigenvalue weighted by Crippen LogP contribution is 2.58. The molecule has 1 aromatic carbocycles. The molecule has 2 saturated carbocycles. The first-order valence-electron chi connectivity index (χ1n) is 19.0. The monoisotopic (exact) mass is 787 g/mol. The average molecular weight is 788 g/mol. The highest BCUT2D eigenvalue weighted by atomic mass is 32.2. The van der Waals surface area contributed by atoms with E-state index in [4.69, 9.17) is 14.2 Å². The highest BCUT2D eigenvalue weighted by Gasteiger charge is 2.64. The molecule has 7 atom stereocenters. The number of carbonyl (C=O) groups excluding carboxylic acids is 4. The Morgan fingerprint density at radius 2 is 1.84 bits per heavy atom. The number of esters is 1. The molecule has 300 valence electrons. The lowest BCUT2D eigenvalue weighted by Crippen LogP contribution is -2.48. The molecule has 6 rings (SSSR count). The first-order chi connectivity index (χ1) is 25.8. The van der Waals surface area contributed by atoms with E-state index in [0.717, 1.165) is 6.42 Å². The van der Waals surface area contributed by atoms with Crippen molar-refractivity contribution in [1.29, 1.82) is 0 Å². The van der Waals surface area contributed by atoms with Gasteiger partial charge in [-0.3, -0.25) is 19.2 Å². The second kappa shape index (κ2) is 15.1. The first kappa shape index (κ1) is 40.5. The van der Waals surface area contributed by atoms with Gasteiger partial charge in [-0.1, -0.05) is 26.0 Å². The highest BCUT2D eigenvalue weighted by molar-refractivity contribution is 7.91. The third-order valence-corrected chi connectivity index (χ3v) is 13.2. The van der Waals surface area contributed by atoms with Crippen LogP contribution in [0.4, 0.5) is 8.78 Å². The zero-order chi connectivity index (χ0) is 40.1. The van der Waals surface area contributed by atoms with E-state index in [1.807, 2.05) is 23.8 Å². The van der Waals surface area contributed by atoms with Gasteiger partial charge in [-0.15, -0.1) is 0 Å². The molecule has 4 aliphatic rings. The van der Waals surface area contributed by atoms with Crippen molar-refractivity contribution in [3.63, 3.8) is 0 Å². The molecule has 0 radical (unpaired) electrons. The van der Waals surface area contributed by atoms with E-state index in [2.05, 4.69) is 11.9 Å². The molecule has 55 heavy (non-hydrogen) atoms. The number of sulfonamides is 1. The summed E-state index contributed by atoms with van der Waals surface area (Å²) < 4.78 is 74.3. The minimum atomic E-state index is -4.64. The molecular weight excluding hydrogens is 737 g/mol. The molecule has 2 amide bonds. The van der Waals surface area contributed by atoms with Gasteiger partial charge in [0.25, 0.3) is 10.0 Å². The normalized spacial score (nSPS) is 30.3. The molecule has 12 nitrogen and oxygen atoms in total. The van der Waals surface area contributed by atoms with Crippen molar-refractivity contribution < 1.29 is 50.6 Å². The number of methoxy groups -OCH3 is 1. The summed E-state index contributed by atoms with van der Waals surface area (Å²) in [5, 5.41) is -1.68. The minimum Gasteiger partial charge on any atom is -0.494 e. The number of pyridine rings is 1. The summed E-state index contributed by atoms with van der Waals surface area (Å²) in [7, 11) is -3.19. The number of nitrogens with zero attached hydrogens (tertiary/aromatic N) is 2. The molecule has 0 spiro atoms. The number of hydrogen-bond donors (Lipinski definition) is 1. The molecule has 15 heteroatoms. The average Bonchev–Trinajstić information content (AvgIpc) is 3.98. The Kier molecular flexibility index (Phi) is 11.1. The fraction of sp³-hybridized carbons (Fsp3) is 0.625. The molecular formula is C40H51F2N3O9S. The largest absolute Gasteiger partial charge is 0.494 e. The van der Waals surface area contributed by atoms with Crippen molar-refractivity contribution in [3.05, 3.63) is 42.4 Å². The van der Waals surface area contributed by atoms with Gasteiger partial charge in [0, 0.05) is 31.1 Å². The summed E-state index contributed by atoms with van der Waals surface area (Å²) in [5.41, 5.74) is -2.27. The van der Waals surface area contributed by atoms with Crippen LogP contribution in [0.25, 0.3) is 10.8 Å². The van der Waals surface area contributed by atoms with Gasteiger partial charge in [-0.25, -0.2) is 26.9 Å². The van der Waals surface area contributed by atoms with Crippen LogP contribution < -0.4 is 14.2 Å². The molecule has 1 saturated heterocycles. The number of rotatable bonds is 8. The van der Waals surface area contributed by atoms with Crippen molar-refractivity contribution in [2.24, 2.45) is 29.1 Å². The van der Waals surface area contributed by atoms with Crippen LogP contribution in [0.3, 0.4) is 0 Å². The fourth-order valence-corrected chi connectivity index (χ4v) is 9.39. The van der Waals surface area contributed by atoms with Crippen molar-refractivity contribution in [3.8, 4) is 11.6 Å². The van der Waals surface area contributed by atoms with Crippen LogP contribution in [0.2, 0.25) is 0 Å². The predicted molar refractivity (Wildman–Crippen MR) is 198 cm³/mol. The molecule has 2 aromatic rings. The summed E-state index contributed by atoms with van der Waals surface area (Å²) in [6, 6.07) is 2.94. The number of halogens is 2. The Bertz CT molecular complexity index is 2000. The number of amides is 2. The lowest BCUT2D eigenvalue weighted by molar-refractivity contribution is -0.160. The number of Topliss-reactive ketones (excluding diaryl/α,β-unsaturated/α-hetero) is 1. The van der Waals surface area contributed by atoms with Gasteiger partial charge in [0.05, 0.1) is 49.0 Å². The summed E-state index contributed by atoms with van der Waals surface area (Å²) in [6.07, 6.45) is 5.38. The van der Waals surface area contributed by atoms with Gasteiger partial charge >= 0.3 is 5.97 Å². The van der Waals surface area contributed by atoms with Crippen LogP contribution in [-0.2, 0) is 33.9 Å². The molecule has 0 unspecified atom stereocenters. The quantitative estimate of drug-likeness (QED) is 0.250. The van der Waals surface area contributed by atoms with Gasteiger partial charge in [0.1, 0.15) is 23.3 Å². The van der Waals surface area contributed by atoms with Crippen LogP contribution >= 0.6 is 0 Å². The van der Waals surface area contributed by atoms with Crippen LogP contribution in [-0.4, -0.2) is 78.3 Å². The third kappa shape index (κ3) is 8.66. The van der Waals surface area contributed by atoms with E-state index in [-0.39, 0.29) is 56.4 Å². The second-order valence-electron chi connectivity index (χ2n) is 17.0. The van der Waals surface area contributed by atoms with Gasteiger partial charge in [0.15, 0.2) is 5.78 Å². The number of fused-ring (bicyclic) bond motifs is 3. The summed E-state index contributed by atoms with van der Waals surface area (Å²) >= 11 is 0. The van der Waals surface area contributed by atoms with Gasteiger partial charge in [-0.2, -0.15) is 0 Å². The number of aromatic nitrogens is 1. The van der Waals surface area contributed by atoms with Gasteiger partial charge in [0.2, 0.25) is 22.7 Å². The minimum absolute atomic E-state index is 0.0247. The smallest absolute Gasteiger partial charge is 0.307 e. The number of allylic oxidation sites excluding steroid dienone is 2. The Labute approximate surface area is 320 Å². The SMILES string of the molecule is COc1cnc(O[C@@H]2C[C@H]3C(=O)C[C@]4(C(=O)NS(=O)(=O)C5(F)CC5)C[C@H]4/C=C\CC[C@H](C)C[C@@H](C)[C@H](CC(=O)OC(C)(C)C)C(=O)N3C2)c2cc(F)ccc12. The molecule has 2 aliphatic carbocycles. The topological polar surface area (TPSA) is 158 Å².